The molecule has 0 radical (unpaired) electrons. The maximum Gasteiger partial charge on any atom is 0.325 e. The molecule has 0 saturated carbocycles. The van der Waals surface area contributed by atoms with Gasteiger partial charge in [0.15, 0.2) is 17.4 Å². The molecule has 2 unspecified atom stereocenters. The number of aliphatic imine (C=N–C) groups is 1. The van der Waals surface area contributed by atoms with Gasteiger partial charge in [0.2, 0.25) is 0 Å². The summed E-state index contributed by atoms with van der Waals surface area (Å²) in [5, 5.41) is 3.43. The van der Waals surface area contributed by atoms with Crippen LogP contribution in [0, 0.1) is 0 Å². The largest absolute Gasteiger partial charge is 0.336 e. The van der Waals surface area contributed by atoms with Gasteiger partial charge in [0.05, 0.1) is 0 Å². The number of imide groups is 1. The van der Waals surface area contributed by atoms with Crippen molar-refractivity contribution in [2.24, 2.45) is 4.99 Å². The number of amides is 3. The Balaban J connectivity index is 1.61. The second-order valence-corrected chi connectivity index (χ2v) is 10.7. The van der Waals surface area contributed by atoms with Crippen LogP contribution in [0.3, 0.4) is 0 Å². The van der Waals surface area contributed by atoms with Crippen LogP contribution in [0.1, 0.15) is 117 Å². The number of amidine groups is 1. The SMILES string of the molecule is CCCCCCCCCCCCCCCCN1C(SCCCC)=NC2C1C(=O)NC(=O)N2C. The van der Waals surface area contributed by atoms with Crippen molar-refractivity contribution >= 4 is 28.9 Å². The van der Waals surface area contributed by atoms with Crippen molar-refractivity contribution < 1.29 is 9.59 Å². The minimum Gasteiger partial charge on any atom is -0.336 e. The number of carbonyl (C=O) groups is 2. The first kappa shape index (κ1) is 28.0. The van der Waals surface area contributed by atoms with Crippen LogP contribution < -0.4 is 5.32 Å². The topological polar surface area (TPSA) is 65.0 Å². The first-order valence-electron chi connectivity index (χ1n) is 13.6. The molecule has 2 aliphatic heterocycles. The highest BCUT2D eigenvalue weighted by Crippen LogP contribution is 2.29. The second-order valence-electron chi connectivity index (χ2n) is 9.67. The normalized spacial score (nSPS) is 20.3. The Morgan fingerprint density at radius 1 is 0.788 bits per heavy atom. The zero-order valence-corrected chi connectivity index (χ0v) is 22.3. The molecule has 6 nitrogen and oxygen atoms in total. The van der Waals surface area contributed by atoms with Gasteiger partial charge < -0.3 is 9.80 Å². The fourth-order valence-corrected chi connectivity index (χ4v) is 5.81. The fraction of sp³-hybridized carbons (Fsp3) is 0.885. The molecule has 1 saturated heterocycles. The summed E-state index contributed by atoms with van der Waals surface area (Å²) >= 11 is 1.73. The Morgan fingerprint density at radius 3 is 1.85 bits per heavy atom. The Labute approximate surface area is 206 Å². The summed E-state index contributed by atoms with van der Waals surface area (Å²) in [6, 6.07) is -0.722. The summed E-state index contributed by atoms with van der Waals surface area (Å²) in [6.45, 7) is 5.30. The Bertz CT molecular complexity index is 613. The molecule has 0 bridgehead atoms. The molecule has 0 aliphatic carbocycles. The minimum absolute atomic E-state index is 0.205. The van der Waals surface area contributed by atoms with Gasteiger partial charge >= 0.3 is 6.03 Å². The predicted octanol–water partition coefficient (Wildman–Crippen LogP) is 6.55. The molecule has 2 aliphatic rings. The molecular formula is C26H48N4O2S. The summed E-state index contributed by atoms with van der Waals surface area (Å²) in [5.41, 5.74) is 0. The van der Waals surface area contributed by atoms with Crippen molar-refractivity contribution in [3.63, 3.8) is 0 Å². The quantitative estimate of drug-likeness (QED) is 0.226. The van der Waals surface area contributed by atoms with Gasteiger partial charge in [-0.3, -0.25) is 10.1 Å². The Hall–Kier alpha value is -1.24. The molecule has 1 N–H and O–H groups in total. The summed E-state index contributed by atoms with van der Waals surface area (Å²) in [5.74, 6) is 0.798. The third kappa shape index (κ3) is 9.50. The van der Waals surface area contributed by atoms with E-state index in [4.69, 9.17) is 4.99 Å². The number of rotatable bonds is 18. The van der Waals surface area contributed by atoms with E-state index in [2.05, 4.69) is 24.1 Å². The lowest BCUT2D eigenvalue weighted by molar-refractivity contribution is -0.127. The standard InChI is InChI=1S/C26H48N4O2S/c1-4-6-8-9-10-11-12-13-14-15-16-17-18-19-20-30-22-23(27-26(30)33-21-7-5-2)29(3)25(32)28-24(22)31/h22-23H,4-21H2,1-3H3,(H,28,31,32). The van der Waals surface area contributed by atoms with Gasteiger partial charge in [0.1, 0.15) is 0 Å². The molecule has 33 heavy (non-hydrogen) atoms. The third-order valence-electron chi connectivity index (χ3n) is 6.80. The number of fused-ring (bicyclic) bond motifs is 1. The van der Waals surface area contributed by atoms with Crippen LogP contribution in [0.5, 0.6) is 0 Å². The Kier molecular flexibility index (Phi) is 13.9. The third-order valence-corrected chi connectivity index (χ3v) is 7.90. The van der Waals surface area contributed by atoms with Crippen molar-refractivity contribution in [1.82, 2.24) is 15.1 Å². The van der Waals surface area contributed by atoms with Crippen LogP contribution in [-0.4, -0.2) is 58.5 Å². The first-order valence-corrected chi connectivity index (χ1v) is 14.6. The number of urea groups is 1. The smallest absolute Gasteiger partial charge is 0.325 e. The molecule has 0 aromatic heterocycles. The van der Waals surface area contributed by atoms with Crippen LogP contribution in [0.25, 0.3) is 0 Å². The maximum absolute atomic E-state index is 12.6. The Morgan fingerprint density at radius 2 is 1.30 bits per heavy atom. The van der Waals surface area contributed by atoms with E-state index in [1.165, 1.54) is 83.5 Å². The number of hydrogen-bond donors (Lipinski definition) is 1. The summed E-state index contributed by atoms with van der Waals surface area (Å²) in [4.78, 5) is 33.1. The van der Waals surface area contributed by atoms with Gasteiger partial charge in [-0.05, 0) is 12.8 Å². The molecule has 0 aromatic rings. The van der Waals surface area contributed by atoms with Gasteiger partial charge in [-0.15, -0.1) is 0 Å². The van der Waals surface area contributed by atoms with Gasteiger partial charge in [-0.1, -0.05) is 116 Å². The molecule has 7 heteroatoms. The van der Waals surface area contributed by atoms with E-state index in [1.54, 1.807) is 23.7 Å². The lowest BCUT2D eigenvalue weighted by Gasteiger charge is -2.36. The van der Waals surface area contributed by atoms with E-state index < -0.39 is 0 Å². The van der Waals surface area contributed by atoms with Crippen molar-refractivity contribution in [2.75, 3.05) is 19.3 Å². The molecule has 2 rings (SSSR count). The molecule has 2 atom stereocenters. The number of nitrogens with zero attached hydrogens (tertiary/aromatic N) is 3. The molecule has 190 valence electrons. The molecule has 3 amide bonds. The minimum atomic E-state index is -0.387. The van der Waals surface area contributed by atoms with Crippen molar-refractivity contribution in [1.29, 1.82) is 0 Å². The van der Waals surface area contributed by atoms with Crippen LogP contribution in [0.4, 0.5) is 4.79 Å². The van der Waals surface area contributed by atoms with Gasteiger partial charge in [0, 0.05) is 19.3 Å². The summed E-state index contributed by atoms with van der Waals surface area (Å²) < 4.78 is 0. The van der Waals surface area contributed by atoms with Crippen molar-refractivity contribution in [3.8, 4) is 0 Å². The van der Waals surface area contributed by atoms with Gasteiger partial charge in [-0.25, -0.2) is 9.79 Å². The molecule has 1 fully saturated rings. The highest BCUT2D eigenvalue weighted by atomic mass is 32.2. The van der Waals surface area contributed by atoms with E-state index in [0.29, 0.717) is 0 Å². The molecular weight excluding hydrogens is 432 g/mol. The van der Waals surface area contributed by atoms with E-state index in [0.717, 1.165) is 36.7 Å². The molecule has 0 spiro atoms. The zero-order chi connectivity index (χ0) is 23.9. The number of thioether (sulfide) groups is 1. The zero-order valence-electron chi connectivity index (χ0n) is 21.4. The number of likely N-dealkylation sites (N-methyl/N-ethyl adjacent to an activating group) is 1. The van der Waals surface area contributed by atoms with E-state index >= 15 is 0 Å². The van der Waals surface area contributed by atoms with Crippen LogP contribution in [0.2, 0.25) is 0 Å². The maximum atomic E-state index is 12.6. The number of nitrogens with one attached hydrogen (secondary N) is 1. The van der Waals surface area contributed by atoms with Crippen molar-refractivity contribution in [3.05, 3.63) is 0 Å². The average molecular weight is 481 g/mol. The first-order chi connectivity index (χ1) is 16.1. The van der Waals surface area contributed by atoms with E-state index in [1.807, 2.05) is 0 Å². The number of hydrogen-bond acceptors (Lipinski definition) is 5. The van der Waals surface area contributed by atoms with Crippen LogP contribution in [0.15, 0.2) is 4.99 Å². The van der Waals surface area contributed by atoms with Gasteiger partial charge in [0.25, 0.3) is 5.91 Å². The fourth-order valence-electron chi connectivity index (χ4n) is 4.64. The van der Waals surface area contributed by atoms with Crippen molar-refractivity contribution in [2.45, 2.75) is 129 Å². The van der Waals surface area contributed by atoms with E-state index in [-0.39, 0.29) is 24.1 Å². The monoisotopic (exact) mass is 480 g/mol. The lowest BCUT2D eigenvalue weighted by Crippen LogP contribution is -2.63. The molecule has 0 aromatic carbocycles. The predicted molar refractivity (Wildman–Crippen MR) is 141 cm³/mol. The number of unbranched alkanes of at least 4 members (excludes halogenated alkanes) is 14. The summed E-state index contributed by atoms with van der Waals surface area (Å²) in [6.07, 6.45) is 20.6. The highest BCUT2D eigenvalue weighted by Gasteiger charge is 2.48. The van der Waals surface area contributed by atoms with Crippen LogP contribution in [-0.2, 0) is 4.79 Å². The van der Waals surface area contributed by atoms with Crippen LogP contribution >= 0.6 is 11.8 Å². The average Bonchev–Trinajstić information content (AvgIpc) is 3.17. The highest BCUT2D eigenvalue weighted by molar-refractivity contribution is 8.13. The molecule has 2 heterocycles. The van der Waals surface area contributed by atoms with E-state index in [9.17, 15) is 9.59 Å². The second kappa shape index (κ2) is 16.4. The van der Waals surface area contributed by atoms with Gasteiger partial charge in [-0.2, -0.15) is 0 Å². The lowest BCUT2D eigenvalue weighted by atomic mass is 10.0. The summed E-state index contributed by atoms with van der Waals surface area (Å²) in [7, 11) is 1.73. The number of carbonyl (C=O) groups excluding carboxylic acids is 2.